The first-order chi connectivity index (χ1) is 10.6. The smallest absolute Gasteiger partial charge is 0.242 e. The molecule has 1 aliphatic rings. The van der Waals surface area contributed by atoms with Gasteiger partial charge in [-0.3, -0.25) is 9.48 Å². The summed E-state index contributed by atoms with van der Waals surface area (Å²) < 4.78 is 25.8. The lowest BCUT2D eigenvalue weighted by Crippen LogP contribution is -2.38. The van der Waals surface area contributed by atoms with Crippen molar-refractivity contribution in [1.82, 2.24) is 19.0 Å². The molecule has 0 atom stereocenters. The highest BCUT2D eigenvalue weighted by Gasteiger charge is 2.27. The van der Waals surface area contributed by atoms with Crippen LogP contribution in [0.3, 0.4) is 0 Å². The van der Waals surface area contributed by atoms with E-state index in [1.807, 2.05) is 31.7 Å². The normalized spacial score (nSPS) is 17.5. The van der Waals surface area contributed by atoms with Crippen LogP contribution >= 0.6 is 11.8 Å². The molecule has 2 heterocycles. The van der Waals surface area contributed by atoms with E-state index >= 15 is 0 Å². The Bertz CT molecular complexity index is 752. The number of hydrogen-bond acceptors (Lipinski definition) is 5. The Balaban J connectivity index is 2.23. The molecule has 9 heteroatoms. The van der Waals surface area contributed by atoms with Gasteiger partial charge in [0.15, 0.2) is 0 Å². The number of aromatic nitrogens is 2. The Hall–Kier alpha value is -1.32. The predicted octanol–water partition coefficient (Wildman–Crippen LogP) is 0.802. The number of nitrogens with zero attached hydrogens (tertiary/aromatic N) is 4. The van der Waals surface area contributed by atoms with Gasteiger partial charge in [-0.1, -0.05) is 0 Å². The minimum atomic E-state index is -3.37. The standard InChI is InChI=1S/C14H22N4O3S2/c1-10-12(11(2)17(4)15-10)8-14-18(6-7-22-14)13(19)9-16(3)23(5,20)21/h8H,6-7,9H2,1-5H3/b14-8+. The molecule has 7 nitrogen and oxygen atoms in total. The zero-order valence-electron chi connectivity index (χ0n) is 14.0. The number of carbonyl (C=O) groups is 1. The molecule has 1 amide bonds. The minimum absolute atomic E-state index is 0.151. The molecule has 0 spiro atoms. The highest BCUT2D eigenvalue weighted by molar-refractivity contribution is 8.03. The van der Waals surface area contributed by atoms with Gasteiger partial charge in [0.1, 0.15) is 0 Å². The lowest BCUT2D eigenvalue weighted by atomic mass is 10.2. The van der Waals surface area contributed by atoms with Crippen molar-refractivity contribution in [2.45, 2.75) is 13.8 Å². The molecule has 0 N–H and O–H groups in total. The SMILES string of the molecule is Cc1nn(C)c(C)c1/C=C1/SCCN1C(=O)CN(C)S(C)(=O)=O. The van der Waals surface area contributed by atoms with Crippen molar-refractivity contribution in [3.8, 4) is 0 Å². The zero-order valence-corrected chi connectivity index (χ0v) is 15.7. The molecule has 0 bridgehead atoms. The third-order valence-corrected chi connectivity index (χ3v) is 6.17. The van der Waals surface area contributed by atoms with Crippen LogP contribution in [0.4, 0.5) is 0 Å². The molecule has 2 rings (SSSR count). The number of thioether (sulfide) groups is 1. The van der Waals surface area contributed by atoms with E-state index in [1.54, 1.807) is 16.7 Å². The van der Waals surface area contributed by atoms with Crippen LogP contribution in [-0.2, 0) is 21.9 Å². The summed E-state index contributed by atoms with van der Waals surface area (Å²) in [5.74, 6) is 0.590. The Morgan fingerprint density at radius 1 is 1.43 bits per heavy atom. The van der Waals surface area contributed by atoms with E-state index in [-0.39, 0.29) is 12.5 Å². The van der Waals surface area contributed by atoms with Crippen molar-refractivity contribution in [3.63, 3.8) is 0 Å². The maximum Gasteiger partial charge on any atom is 0.242 e. The predicted molar refractivity (Wildman–Crippen MR) is 92.3 cm³/mol. The maximum absolute atomic E-state index is 12.4. The first kappa shape index (κ1) is 18.0. The van der Waals surface area contributed by atoms with Crippen LogP contribution in [0.15, 0.2) is 5.03 Å². The fourth-order valence-electron chi connectivity index (χ4n) is 2.31. The topological polar surface area (TPSA) is 75.5 Å². The average molecular weight is 358 g/mol. The zero-order chi connectivity index (χ0) is 17.4. The number of aryl methyl sites for hydroxylation is 2. The molecule has 0 saturated carbocycles. The quantitative estimate of drug-likeness (QED) is 0.796. The van der Waals surface area contributed by atoms with Crippen molar-refractivity contribution in [3.05, 3.63) is 22.0 Å². The van der Waals surface area contributed by atoms with Crippen molar-refractivity contribution in [2.75, 3.05) is 32.1 Å². The van der Waals surface area contributed by atoms with Crippen LogP contribution in [-0.4, -0.2) is 65.5 Å². The number of carbonyl (C=O) groups excluding carboxylic acids is 1. The summed E-state index contributed by atoms with van der Waals surface area (Å²) in [6.07, 6.45) is 3.06. The van der Waals surface area contributed by atoms with Crippen molar-refractivity contribution >= 4 is 33.8 Å². The summed E-state index contributed by atoms with van der Waals surface area (Å²) in [6.45, 7) is 4.35. The van der Waals surface area contributed by atoms with E-state index in [1.165, 1.54) is 7.05 Å². The third-order valence-electron chi connectivity index (χ3n) is 3.89. The number of hydrogen-bond donors (Lipinski definition) is 0. The van der Waals surface area contributed by atoms with Crippen LogP contribution in [0.1, 0.15) is 17.0 Å². The first-order valence-corrected chi connectivity index (χ1v) is 10.0. The van der Waals surface area contributed by atoms with Gasteiger partial charge in [0.05, 0.1) is 23.5 Å². The molecule has 0 aliphatic carbocycles. The van der Waals surface area contributed by atoms with E-state index in [4.69, 9.17) is 0 Å². The second-order valence-electron chi connectivity index (χ2n) is 5.60. The molecule has 1 saturated heterocycles. The van der Waals surface area contributed by atoms with Gasteiger partial charge in [0, 0.05) is 37.7 Å². The average Bonchev–Trinajstić information content (AvgIpc) is 2.98. The van der Waals surface area contributed by atoms with Gasteiger partial charge in [-0.05, 0) is 19.9 Å². The summed E-state index contributed by atoms with van der Waals surface area (Å²) in [4.78, 5) is 14.1. The van der Waals surface area contributed by atoms with E-state index in [0.29, 0.717) is 6.54 Å². The van der Waals surface area contributed by atoms with Gasteiger partial charge in [-0.25, -0.2) is 8.42 Å². The number of amides is 1. The van der Waals surface area contributed by atoms with Crippen molar-refractivity contribution in [1.29, 1.82) is 0 Å². The van der Waals surface area contributed by atoms with Gasteiger partial charge < -0.3 is 4.90 Å². The van der Waals surface area contributed by atoms with Crippen molar-refractivity contribution in [2.24, 2.45) is 7.05 Å². The molecule has 0 unspecified atom stereocenters. The molecule has 1 aromatic rings. The van der Waals surface area contributed by atoms with Gasteiger partial charge in [-0.2, -0.15) is 9.40 Å². The molecule has 0 radical (unpaired) electrons. The van der Waals surface area contributed by atoms with E-state index < -0.39 is 10.0 Å². The lowest BCUT2D eigenvalue weighted by molar-refractivity contribution is -0.128. The molecule has 23 heavy (non-hydrogen) atoms. The molecule has 1 aliphatic heterocycles. The number of sulfonamides is 1. The molecule has 0 aromatic carbocycles. The number of rotatable bonds is 4. The Kier molecular flexibility index (Phi) is 5.22. The third kappa shape index (κ3) is 3.96. The monoisotopic (exact) mass is 358 g/mol. The summed E-state index contributed by atoms with van der Waals surface area (Å²) >= 11 is 1.60. The van der Waals surface area contributed by atoms with Crippen molar-refractivity contribution < 1.29 is 13.2 Å². The van der Waals surface area contributed by atoms with Crippen LogP contribution in [0, 0.1) is 13.8 Å². The summed E-state index contributed by atoms with van der Waals surface area (Å²) in [5.41, 5.74) is 2.94. The fourth-order valence-corrected chi connectivity index (χ4v) is 3.69. The van der Waals surface area contributed by atoms with Crippen LogP contribution < -0.4 is 0 Å². The molecular weight excluding hydrogens is 336 g/mol. The molecule has 128 valence electrons. The Morgan fingerprint density at radius 3 is 2.61 bits per heavy atom. The lowest BCUT2D eigenvalue weighted by Gasteiger charge is -2.20. The Labute approximate surface area is 141 Å². The summed E-state index contributed by atoms with van der Waals surface area (Å²) in [6, 6.07) is 0. The van der Waals surface area contributed by atoms with E-state index in [9.17, 15) is 13.2 Å². The van der Waals surface area contributed by atoms with Crippen LogP contribution in [0.2, 0.25) is 0 Å². The van der Waals surface area contributed by atoms with E-state index in [0.717, 1.165) is 38.3 Å². The van der Waals surface area contributed by atoms with Gasteiger partial charge in [-0.15, -0.1) is 11.8 Å². The fraction of sp³-hybridized carbons (Fsp3) is 0.571. The summed E-state index contributed by atoms with van der Waals surface area (Å²) in [7, 11) is -0.0707. The van der Waals surface area contributed by atoms with Crippen LogP contribution in [0.5, 0.6) is 0 Å². The highest BCUT2D eigenvalue weighted by atomic mass is 32.2. The second kappa shape index (κ2) is 6.66. The molecular formula is C14H22N4O3S2. The minimum Gasteiger partial charge on any atom is -0.305 e. The number of likely N-dealkylation sites (N-methyl/N-ethyl adjacent to an activating group) is 1. The second-order valence-corrected chi connectivity index (χ2v) is 8.81. The van der Waals surface area contributed by atoms with Gasteiger partial charge in [0.2, 0.25) is 15.9 Å². The maximum atomic E-state index is 12.4. The summed E-state index contributed by atoms with van der Waals surface area (Å²) in [5, 5.41) is 5.22. The van der Waals surface area contributed by atoms with Crippen LogP contribution in [0.25, 0.3) is 6.08 Å². The largest absolute Gasteiger partial charge is 0.305 e. The molecule has 1 aromatic heterocycles. The highest BCUT2D eigenvalue weighted by Crippen LogP contribution is 2.31. The van der Waals surface area contributed by atoms with Gasteiger partial charge in [0.25, 0.3) is 0 Å². The molecule has 1 fully saturated rings. The first-order valence-electron chi connectivity index (χ1n) is 7.17. The Morgan fingerprint density at radius 2 is 2.09 bits per heavy atom. The van der Waals surface area contributed by atoms with Gasteiger partial charge >= 0.3 is 0 Å². The van der Waals surface area contributed by atoms with E-state index in [2.05, 4.69) is 5.10 Å².